The third-order valence-corrected chi connectivity index (χ3v) is 5.63. The monoisotopic (exact) mass is 495 g/mol. The first kappa shape index (κ1) is 26.2. The van der Waals surface area contributed by atoms with E-state index in [0.29, 0.717) is 5.56 Å². The van der Waals surface area contributed by atoms with Gasteiger partial charge in [0.05, 0.1) is 6.04 Å². The van der Waals surface area contributed by atoms with Gasteiger partial charge in [-0.1, -0.05) is 30.3 Å². The van der Waals surface area contributed by atoms with Crippen molar-refractivity contribution in [1.29, 1.82) is 0 Å². The van der Waals surface area contributed by atoms with Crippen molar-refractivity contribution in [3.05, 3.63) is 65.9 Å². The van der Waals surface area contributed by atoms with Crippen molar-refractivity contribution in [1.82, 2.24) is 20.9 Å². The molecule has 0 aliphatic carbocycles. The SMILES string of the molecule is CC(NC(=O)C(N)Cc1c[nH]c2ccccc12)C(=O)NC(Cc1ccc(O)cc1)C(=O)NCC(=O)O. The lowest BCUT2D eigenvalue weighted by Crippen LogP contribution is -2.55. The summed E-state index contributed by atoms with van der Waals surface area (Å²) in [5.74, 6) is -3.07. The molecular weight excluding hydrogens is 466 g/mol. The Kier molecular flexibility index (Phi) is 8.63. The third kappa shape index (κ3) is 7.06. The maximum atomic E-state index is 12.8. The first-order valence-corrected chi connectivity index (χ1v) is 11.3. The molecule has 0 spiro atoms. The van der Waals surface area contributed by atoms with E-state index in [1.165, 1.54) is 19.1 Å². The number of carbonyl (C=O) groups excluding carboxylic acids is 3. The standard InChI is InChI=1S/C25H29N5O6/c1-14(29-24(35)19(26)11-16-12-27-20-5-3-2-4-18(16)20)23(34)30-21(25(36)28-13-22(32)33)10-15-6-8-17(31)9-7-15/h2-9,12,14,19,21,27,31H,10-11,13,26H2,1H3,(H,28,36)(H,29,35)(H,30,34)(H,32,33). The van der Waals surface area contributed by atoms with Crippen LogP contribution in [0.2, 0.25) is 0 Å². The van der Waals surface area contributed by atoms with Crippen LogP contribution in [0.15, 0.2) is 54.7 Å². The second-order valence-electron chi connectivity index (χ2n) is 8.44. The maximum absolute atomic E-state index is 12.8. The average Bonchev–Trinajstić information content (AvgIpc) is 3.25. The zero-order valence-corrected chi connectivity index (χ0v) is 19.7. The minimum atomic E-state index is -1.23. The number of rotatable bonds is 11. The molecule has 0 aliphatic rings. The lowest BCUT2D eigenvalue weighted by atomic mass is 10.0. The molecule has 0 saturated carbocycles. The summed E-state index contributed by atoms with van der Waals surface area (Å²) in [7, 11) is 0. The number of fused-ring (bicyclic) bond motifs is 1. The van der Waals surface area contributed by atoms with Crippen LogP contribution >= 0.6 is 0 Å². The number of hydrogen-bond donors (Lipinski definition) is 7. The summed E-state index contributed by atoms with van der Waals surface area (Å²) in [5.41, 5.74) is 8.50. The molecule has 3 rings (SSSR count). The van der Waals surface area contributed by atoms with E-state index in [1.807, 2.05) is 24.3 Å². The fourth-order valence-electron chi connectivity index (χ4n) is 3.68. The number of amides is 3. The Labute approximate surface area is 207 Å². The number of aliphatic carboxylic acids is 1. The molecule has 1 heterocycles. The van der Waals surface area contributed by atoms with Gasteiger partial charge >= 0.3 is 5.97 Å². The van der Waals surface area contributed by atoms with E-state index in [-0.39, 0.29) is 18.6 Å². The lowest BCUT2D eigenvalue weighted by molar-refractivity contribution is -0.138. The Hall–Kier alpha value is -4.38. The van der Waals surface area contributed by atoms with E-state index >= 15 is 0 Å². The van der Waals surface area contributed by atoms with E-state index < -0.39 is 48.4 Å². The molecule has 8 N–H and O–H groups in total. The number of hydrogen-bond acceptors (Lipinski definition) is 6. The molecule has 1 aromatic heterocycles. The van der Waals surface area contributed by atoms with Crippen molar-refractivity contribution in [3.8, 4) is 5.75 Å². The molecule has 0 bridgehead atoms. The number of H-pyrrole nitrogens is 1. The molecule has 3 amide bonds. The molecular formula is C25H29N5O6. The van der Waals surface area contributed by atoms with Crippen LogP contribution in [0.3, 0.4) is 0 Å². The van der Waals surface area contributed by atoms with E-state index in [9.17, 15) is 24.3 Å². The second-order valence-corrected chi connectivity index (χ2v) is 8.44. The highest BCUT2D eigenvalue weighted by Crippen LogP contribution is 2.18. The highest BCUT2D eigenvalue weighted by Gasteiger charge is 2.26. The van der Waals surface area contributed by atoms with Crippen molar-refractivity contribution in [2.75, 3.05) is 6.54 Å². The zero-order chi connectivity index (χ0) is 26.2. The molecule has 36 heavy (non-hydrogen) atoms. The van der Waals surface area contributed by atoms with Gasteiger partial charge in [0.1, 0.15) is 24.4 Å². The summed E-state index contributed by atoms with van der Waals surface area (Å²) >= 11 is 0. The number of nitrogens with two attached hydrogens (primary N) is 1. The number of phenols is 1. The van der Waals surface area contributed by atoms with Crippen LogP contribution < -0.4 is 21.7 Å². The first-order valence-electron chi connectivity index (χ1n) is 11.3. The summed E-state index contributed by atoms with van der Waals surface area (Å²) in [6.45, 7) is 0.841. The Bertz CT molecular complexity index is 1240. The Balaban J connectivity index is 1.61. The van der Waals surface area contributed by atoms with Crippen molar-refractivity contribution < 1.29 is 29.4 Å². The first-order chi connectivity index (χ1) is 17.1. The normalized spacial score (nSPS) is 13.4. The van der Waals surface area contributed by atoms with Crippen LogP contribution in [0.25, 0.3) is 10.9 Å². The molecule has 0 aliphatic heterocycles. The number of phenolic OH excluding ortho intramolecular Hbond substituents is 1. The summed E-state index contributed by atoms with van der Waals surface area (Å²) < 4.78 is 0. The minimum Gasteiger partial charge on any atom is -0.508 e. The third-order valence-electron chi connectivity index (χ3n) is 5.63. The van der Waals surface area contributed by atoms with Crippen molar-refractivity contribution in [2.45, 2.75) is 37.9 Å². The number of aromatic amines is 1. The van der Waals surface area contributed by atoms with Crippen LogP contribution in [0.5, 0.6) is 5.75 Å². The van der Waals surface area contributed by atoms with Gasteiger partial charge in [0, 0.05) is 23.5 Å². The van der Waals surface area contributed by atoms with Crippen molar-refractivity contribution in [2.24, 2.45) is 5.73 Å². The molecule has 11 nitrogen and oxygen atoms in total. The summed E-state index contributed by atoms with van der Waals surface area (Å²) in [5, 5.41) is 26.6. The zero-order valence-electron chi connectivity index (χ0n) is 19.7. The molecule has 0 fully saturated rings. The molecule has 11 heteroatoms. The van der Waals surface area contributed by atoms with Gasteiger partial charge in [-0.2, -0.15) is 0 Å². The van der Waals surface area contributed by atoms with Crippen LogP contribution in [-0.4, -0.2) is 63.6 Å². The van der Waals surface area contributed by atoms with E-state index in [4.69, 9.17) is 10.8 Å². The summed E-state index contributed by atoms with van der Waals surface area (Å²) in [6.07, 6.45) is 2.08. The Morgan fingerprint density at radius 3 is 2.33 bits per heavy atom. The molecule has 0 radical (unpaired) electrons. The quantitative estimate of drug-likeness (QED) is 0.198. The number of carboxylic acids is 1. The molecule has 2 aromatic carbocycles. The van der Waals surface area contributed by atoms with Crippen LogP contribution in [0.1, 0.15) is 18.1 Å². The van der Waals surface area contributed by atoms with Crippen LogP contribution in [0.4, 0.5) is 0 Å². The van der Waals surface area contributed by atoms with Gasteiger partial charge in [-0.25, -0.2) is 0 Å². The average molecular weight is 496 g/mol. The number of carbonyl (C=O) groups is 4. The number of benzene rings is 2. The number of aromatic hydroxyl groups is 1. The number of carboxylic acid groups (broad SMARTS) is 1. The highest BCUT2D eigenvalue weighted by atomic mass is 16.4. The maximum Gasteiger partial charge on any atom is 0.322 e. The van der Waals surface area contributed by atoms with Gasteiger partial charge in [-0.3, -0.25) is 19.2 Å². The van der Waals surface area contributed by atoms with Crippen LogP contribution in [-0.2, 0) is 32.0 Å². The molecule has 0 saturated heterocycles. The molecule has 3 unspecified atom stereocenters. The van der Waals surface area contributed by atoms with Gasteiger partial charge in [-0.15, -0.1) is 0 Å². The lowest BCUT2D eigenvalue weighted by Gasteiger charge is -2.22. The van der Waals surface area contributed by atoms with Crippen molar-refractivity contribution in [3.63, 3.8) is 0 Å². The van der Waals surface area contributed by atoms with Gasteiger partial charge in [0.2, 0.25) is 17.7 Å². The summed E-state index contributed by atoms with van der Waals surface area (Å²) in [6, 6.07) is 10.6. The fourth-order valence-corrected chi connectivity index (χ4v) is 3.68. The van der Waals surface area contributed by atoms with Gasteiger partial charge in [0.15, 0.2) is 0 Å². The summed E-state index contributed by atoms with van der Waals surface area (Å²) in [4.78, 5) is 51.9. The smallest absolute Gasteiger partial charge is 0.322 e. The Morgan fingerprint density at radius 2 is 1.64 bits per heavy atom. The van der Waals surface area contributed by atoms with Gasteiger partial charge in [-0.05, 0) is 42.7 Å². The van der Waals surface area contributed by atoms with Crippen molar-refractivity contribution >= 4 is 34.6 Å². The van der Waals surface area contributed by atoms with Gasteiger partial charge in [0.25, 0.3) is 0 Å². The topological polar surface area (TPSA) is 187 Å². The van der Waals surface area contributed by atoms with E-state index in [0.717, 1.165) is 16.5 Å². The molecule has 3 aromatic rings. The highest BCUT2D eigenvalue weighted by molar-refractivity contribution is 5.94. The Morgan fingerprint density at radius 1 is 0.944 bits per heavy atom. The second kappa shape index (κ2) is 11.8. The predicted molar refractivity (Wildman–Crippen MR) is 132 cm³/mol. The van der Waals surface area contributed by atoms with E-state index in [1.54, 1.807) is 18.3 Å². The fraction of sp³-hybridized carbons (Fsp3) is 0.280. The largest absolute Gasteiger partial charge is 0.508 e. The number of aromatic nitrogens is 1. The number of para-hydroxylation sites is 1. The predicted octanol–water partition coefficient (Wildman–Crippen LogP) is 0.176. The minimum absolute atomic E-state index is 0.0370. The number of nitrogens with one attached hydrogen (secondary N) is 4. The molecule has 3 atom stereocenters. The van der Waals surface area contributed by atoms with E-state index in [2.05, 4.69) is 20.9 Å². The molecule has 190 valence electrons. The van der Waals surface area contributed by atoms with Gasteiger partial charge < -0.3 is 36.9 Å². The van der Waals surface area contributed by atoms with Crippen LogP contribution in [0, 0.1) is 0 Å².